The van der Waals surface area contributed by atoms with E-state index in [9.17, 15) is 4.79 Å². The SMILES string of the molecule is CCc1nc2cccnc2n1CC(=O)OC1C[C@H](C)CC[C@H]1C(C)C. The zero-order chi connectivity index (χ0) is 18.0. The maximum atomic E-state index is 12.7. The van der Waals surface area contributed by atoms with Crippen molar-refractivity contribution in [2.75, 3.05) is 0 Å². The Bertz CT molecular complexity index is 738. The van der Waals surface area contributed by atoms with Gasteiger partial charge in [0.25, 0.3) is 0 Å². The van der Waals surface area contributed by atoms with Crippen LogP contribution in [0.2, 0.25) is 0 Å². The second kappa shape index (κ2) is 7.54. The minimum absolute atomic E-state index is 0.0315. The average Bonchev–Trinajstić information content (AvgIpc) is 2.92. The topological polar surface area (TPSA) is 57.0 Å². The average molecular weight is 343 g/mol. The van der Waals surface area contributed by atoms with E-state index >= 15 is 0 Å². The summed E-state index contributed by atoms with van der Waals surface area (Å²) in [6.45, 7) is 8.93. The van der Waals surface area contributed by atoms with E-state index in [1.165, 1.54) is 6.42 Å². The highest BCUT2D eigenvalue weighted by atomic mass is 16.5. The molecule has 2 heterocycles. The van der Waals surface area contributed by atoms with Crippen molar-refractivity contribution in [1.29, 1.82) is 0 Å². The van der Waals surface area contributed by atoms with E-state index in [0.29, 0.717) is 17.8 Å². The van der Waals surface area contributed by atoms with Gasteiger partial charge in [-0.05, 0) is 42.7 Å². The van der Waals surface area contributed by atoms with Gasteiger partial charge in [-0.3, -0.25) is 4.79 Å². The molecule has 1 fully saturated rings. The van der Waals surface area contributed by atoms with E-state index in [0.717, 1.165) is 36.3 Å². The molecule has 0 aromatic carbocycles. The van der Waals surface area contributed by atoms with Crippen molar-refractivity contribution in [1.82, 2.24) is 14.5 Å². The Morgan fingerprint density at radius 1 is 1.40 bits per heavy atom. The molecule has 5 heteroatoms. The predicted molar refractivity (Wildman–Crippen MR) is 98.1 cm³/mol. The van der Waals surface area contributed by atoms with E-state index in [2.05, 4.69) is 30.7 Å². The monoisotopic (exact) mass is 343 g/mol. The van der Waals surface area contributed by atoms with Gasteiger partial charge in [0, 0.05) is 12.6 Å². The Labute approximate surface area is 149 Å². The Balaban J connectivity index is 1.76. The molecule has 1 aliphatic carbocycles. The maximum Gasteiger partial charge on any atom is 0.326 e. The van der Waals surface area contributed by atoms with Crippen molar-refractivity contribution in [3.05, 3.63) is 24.2 Å². The van der Waals surface area contributed by atoms with E-state index in [1.807, 2.05) is 23.6 Å². The number of rotatable bonds is 5. The first-order valence-electron chi connectivity index (χ1n) is 9.49. The Hall–Kier alpha value is -1.91. The fraction of sp³-hybridized carbons (Fsp3) is 0.650. The molecule has 0 amide bonds. The van der Waals surface area contributed by atoms with Crippen molar-refractivity contribution in [3.63, 3.8) is 0 Å². The first kappa shape index (κ1) is 17.9. The summed E-state index contributed by atoms with van der Waals surface area (Å²) in [5.41, 5.74) is 1.59. The second-order valence-corrected chi connectivity index (χ2v) is 7.67. The van der Waals surface area contributed by atoms with Crippen LogP contribution in [0.3, 0.4) is 0 Å². The summed E-state index contributed by atoms with van der Waals surface area (Å²) in [4.78, 5) is 21.6. The largest absolute Gasteiger partial charge is 0.461 e. The van der Waals surface area contributed by atoms with Gasteiger partial charge < -0.3 is 9.30 Å². The Morgan fingerprint density at radius 3 is 2.92 bits per heavy atom. The lowest BCUT2D eigenvalue weighted by Gasteiger charge is -2.36. The summed E-state index contributed by atoms with van der Waals surface area (Å²) in [5, 5.41) is 0. The summed E-state index contributed by atoms with van der Waals surface area (Å²) in [7, 11) is 0. The van der Waals surface area contributed by atoms with Crippen molar-refractivity contribution in [3.8, 4) is 0 Å². The van der Waals surface area contributed by atoms with Gasteiger partial charge in [0.05, 0.1) is 0 Å². The van der Waals surface area contributed by atoms with Crippen molar-refractivity contribution >= 4 is 17.1 Å². The standard InChI is InChI=1S/C20H29N3O2/c1-5-18-22-16-7-6-10-21-20(16)23(18)12-19(24)25-17-11-14(4)8-9-15(17)13(2)3/h6-7,10,13-15,17H,5,8-9,11-12H2,1-4H3/t14-,15+,17?/m1/s1. The van der Waals surface area contributed by atoms with Gasteiger partial charge in [0.2, 0.25) is 0 Å². The summed E-state index contributed by atoms with van der Waals surface area (Å²) in [5.74, 6) is 2.32. The third kappa shape index (κ3) is 3.86. The maximum absolute atomic E-state index is 12.7. The predicted octanol–water partition coefficient (Wildman–Crippen LogP) is 4.00. The first-order valence-corrected chi connectivity index (χ1v) is 9.49. The molecule has 0 spiro atoms. The van der Waals surface area contributed by atoms with Crippen molar-refractivity contribution < 1.29 is 9.53 Å². The number of carbonyl (C=O) groups is 1. The van der Waals surface area contributed by atoms with Gasteiger partial charge in [0.15, 0.2) is 5.65 Å². The highest BCUT2D eigenvalue weighted by Gasteiger charge is 2.33. The molecular weight excluding hydrogens is 314 g/mol. The molecule has 2 aromatic heterocycles. The molecule has 1 aliphatic rings. The normalized spacial score (nSPS) is 24.0. The number of pyridine rings is 1. The number of esters is 1. The lowest BCUT2D eigenvalue weighted by molar-refractivity contribution is -0.156. The fourth-order valence-electron chi connectivity index (χ4n) is 4.03. The van der Waals surface area contributed by atoms with Gasteiger partial charge >= 0.3 is 5.97 Å². The number of ether oxygens (including phenoxy) is 1. The molecule has 1 saturated carbocycles. The van der Waals surface area contributed by atoms with Crippen LogP contribution in [-0.2, 0) is 22.5 Å². The van der Waals surface area contributed by atoms with Crippen LogP contribution in [0.4, 0.5) is 0 Å². The highest BCUT2D eigenvalue weighted by molar-refractivity contribution is 5.75. The van der Waals surface area contributed by atoms with Gasteiger partial charge in [-0.2, -0.15) is 0 Å². The molecule has 3 atom stereocenters. The summed E-state index contributed by atoms with van der Waals surface area (Å²) in [6, 6.07) is 3.80. The zero-order valence-electron chi connectivity index (χ0n) is 15.7. The molecule has 25 heavy (non-hydrogen) atoms. The Kier molecular flexibility index (Phi) is 5.40. The van der Waals surface area contributed by atoms with Crippen molar-refractivity contribution in [2.45, 2.75) is 66.0 Å². The quantitative estimate of drug-likeness (QED) is 0.770. The number of hydrogen-bond acceptors (Lipinski definition) is 4. The molecule has 136 valence electrons. The van der Waals surface area contributed by atoms with Crippen LogP contribution in [0, 0.1) is 17.8 Å². The number of aryl methyl sites for hydroxylation is 1. The molecule has 2 aromatic rings. The number of carbonyl (C=O) groups excluding carboxylic acids is 1. The number of nitrogens with zero attached hydrogens (tertiary/aromatic N) is 3. The fourth-order valence-corrected chi connectivity index (χ4v) is 4.03. The van der Waals surface area contributed by atoms with Gasteiger partial charge in [-0.1, -0.05) is 34.1 Å². The van der Waals surface area contributed by atoms with Crippen LogP contribution in [0.25, 0.3) is 11.2 Å². The molecular formula is C20H29N3O2. The highest BCUT2D eigenvalue weighted by Crippen LogP contribution is 2.35. The summed E-state index contributed by atoms with van der Waals surface area (Å²) < 4.78 is 7.84. The smallest absolute Gasteiger partial charge is 0.326 e. The molecule has 5 nitrogen and oxygen atoms in total. The second-order valence-electron chi connectivity index (χ2n) is 7.67. The molecule has 1 unspecified atom stereocenters. The first-order chi connectivity index (χ1) is 12.0. The molecule has 0 saturated heterocycles. The minimum atomic E-state index is -0.176. The van der Waals surface area contributed by atoms with E-state index in [1.54, 1.807) is 6.20 Å². The van der Waals surface area contributed by atoms with Crippen LogP contribution < -0.4 is 0 Å². The number of imidazole rings is 1. The molecule has 0 radical (unpaired) electrons. The van der Waals surface area contributed by atoms with Crippen LogP contribution >= 0.6 is 0 Å². The molecule has 0 bridgehead atoms. The van der Waals surface area contributed by atoms with Gasteiger partial charge in [-0.25, -0.2) is 9.97 Å². The molecule has 0 N–H and O–H groups in total. The van der Waals surface area contributed by atoms with Crippen LogP contribution in [0.5, 0.6) is 0 Å². The third-order valence-electron chi connectivity index (χ3n) is 5.43. The van der Waals surface area contributed by atoms with E-state index in [4.69, 9.17) is 4.74 Å². The molecule has 3 rings (SSSR count). The van der Waals surface area contributed by atoms with Gasteiger partial charge in [0.1, 0.15) is 24.0 Å². The summed E-state index contributed by atoms with van der Waals surface area (Å²) in [6.07, 6.45) is 5.88. The lowest BCUT2D eigenvalue weighted by Crippen LogP contribution is -2.36. The van der Waals surface area contributed by atoms with Crippen LogP contribution in [0.1, 0.15) is 52.8 Å². The zero-order valence-corrected chi connectivity index (χ0v) is 15.7. The molecule has 0 aliphatic heterocycles. The lowest BCUT2D eigenvalue weighted by atomic mass is 9.75. The van der Waals surface area contributed by atoms with Crippen LogP contribution in [0.15, 0.2) is 18.3 Å². The van der Waals surface area contributed by atoms with Crippen molar-refractivity contribution in [2.24, 2.45) is 17.8 Å². The Morgan fingerprint density at radius 2 is 2.20 bits per heavy atom. The van der Waals surface area contributed by atoms with E-state index in [-0.39, 0.29) is 18.6 Å². The number of fused-ring (bicyclic) bond motifs is 1. The van der Waals surface area contributed by atoms with Crippen LogP contribution in [-0.4, -0.2) is 26.6 Å². The van der Waals surface area contributed by atoms with Gasteiger partial charge in [-0.15, -0.1) is 0 Å². The number of aromatic nitrogens is 3. The van der Waals surface area contributed by atoms with E-state index < -0.39 is 0 Å². The third-order valence-corrected chi connectivity index (χ3v) is 5.43. The minimum Gasteiger partial charge on any atom is -0.461 e. The summed E-state index contributed by atoms with van der Waals surface area (Å²) >= 11 is 0. The number of hydrogen-bond donors (Lipinski definition) is 0.